The molecular weight excluding hydrogens is 532 g/mol. The number of Topliss-reactive ketones (excluding diaryl/α,β-unsaturated/α-hetero) is 1. The van der Waals surface area contributed by atoms with Crippen molar-refractivity contribution in [3.05, 3.63) is 88.9 Å². The van der Waals surface area contributed by atoms with Gasteiger partial charge < -0.3 is 10.1 Å². The highest BCUT2D eigenvalue weighted by atomic mass is 32.2. The van der Waals surface area contributed by atoms with Crippen LogP contribution in [-0.2, 0) is 30.3 Å². The molecule has 1 saturated heterocycles. The van der Waals surface area contributed by atoms with Crippen LogP contribution >= 0.6 is 11.8 Å². The smallest absolute Gasteiger partial charge is 0.356 e. The van der Waals surface area contributed by atoms with Gasteiger partial charge in [-0.05, 0) is 17.5 Å². The molecule has 0 spiro atoms. The van der Waals surface area contributed by atoms with Crippen molar-refractivity contribution in [3.63, 3.8) is 0 Å². The minimum atomic E-state index is -0.869. The van der Waals surface area contributed by atoms with Crippen molar-refractivity contribution in [1.29, 1.82) is 0 Å². The Morgan fingerprint density at radius 1 is 1.10 bits per heavy atom. The molecule has 3 aromatic rings. The molecule has 12 heteroatoms. The van der Waals surface area contributed by atoms with Crippen LogP contribution in [0, 0.1) is 5.92 Å². The van der Waals surface area contributed by atoms with Gasteiger partial charge in [-0.3, -0.25) is 19.3 Å². The van der Waals surface area contributed by atoms with E-state index in [1.54, 1.807) is 6.92 Å². The van der Waals surface area contributed by atoms with Gasteiger partial charge in [-0.15, -0.1) is 22.0 Å². The van der Waals surface area contributed by atoms with E-state index in [-0.39, 0.29) is 41.0 Å². The summed E-state index contributed by atoms with van der Waals surface area (Å²) in [6.45, 7) is 3.69. The van der Waals surface area contributed by atoms with Crippen LogP contribution in [0.4, 0.5) is 0 Å². The average molecular weight is 561 g/mol. The maximum atomic E-state index is 13.9. The lowest BCUT2D eigenvalue weighted by atomic mass is 9.94. The number of fused-ring (bicyclic) bond motifs is 1. The van der Waals surface area contributed by atoms with E-state index in [2.05, 4.69) is 25.9 Å². The van der Waals surface area contributed by atoms with Gasteiger partial charge in [0.05, 0.1) is 6.42 Å². The normalized spacial score (nSPS) is 19.1. The molecule has 0 aliphatic carbocycles. The summed E-state index contributed by atoms with van der Waals surface area (Å²) in [6.07, 6.45) is -0.328. The lowest BCUT2D eigenvalue weighted by Crippen LogP contribution is -2.71. The van der Waals surface area contributed by atoms with Gasteiger partial charge in [-0.2, -0.15) is 5.21 Å². The summed E-state index contributed by atoms with van der Waals surface area (Å²) in [7, 11) is 0. The molecule has 1 fully saturated rings. The van der Waals surface area contributed by atoms with Crippen molar-refractivity contribution in [2.45, 2.75) is 44.2 Å². The van der Waals surface area contributed by atoms with E-state index < -0.39 is 35.3 Å². The van der Waals surface area contributed by atoms with Gasteiger partial charge in [0.1, 0.15) is 17.1 Å². The summed E-state index contributed by atoms with van der Waals surface area (Å²) in [6, 6.07) is 17.7. The van der Waals surface area contributed by atoms with Crippen molar-refractivity contribution in [3.8, 4) is 0 Å². The summed E-state index contributed by atoms with van der Waals surface area (Å²) in [5.41, 5.74) is 1.70. The van der Waals surface area contributed by atoms with Gasteiger partial charge in [-0.25, -0.2) is 4.79 Å². The number of hydrogen-bond donors (Lipinski definition) is 2. The van der Waals surface area contributed by atoms with Crippen molar-refractivity contribution in [1.82, 2.24) is 30.8 Å². The number of aromatic amines is 1. The van der Waals surface area contributed by atoms with E-state index in [9.17, 15) is 19.2 Å². The van der Waals surface area contributed by atoms with Crippen LogP contribution in [0.2, 0.25) is 0 Å². The van der Waals surface area contributed by atoms with Gasteiger partial charge in [0.25, 0.3) is 5.91 Å². The number of esters is 1. The third-order valence-electron chi connectivity index (χ3n) is 6.97. The highest BCUT2D eigenvalue weighted by Crippen LogP contribution is 2.42. The summed E-state index contributed by atoms with van der Waals surface area (Å²) < 4.78 is 6.08. The van der Waals surface area contributed by atoms with Crippen LogP contribution in [-0.4, -0.2) is 66.3 Å². The Kier molecular flexibility index (Phi) is 8.06. The van der Waals surface area contributed by atoms with Gasteiger partial charge in [0.15, 0.2) is 17.7 Å². The van der Waals surface area contributed by atoms with E-state index >= 15 is 0 Å². The minimum absolute atomic E-state index is 0.0559. The summed E-state index contributed by atoms with van der Waals surface area (Å²) >= 11 is 1.33. The standard InChI is InChI=1S/C28H28N6O5S/c1-3-16(2)24(36)19-15-40-27-22(29-21(35)14-20-30-32-33-31-20)26(37)34(27)23(19)28(38)39-25(17-10-6-4-7-11-17)18-12-8-5-9-13-18/h4-13,16,22,25,27H,3,14-15H2,1-2H3,(H,29,35)(H,30,31,32,33)/t16?,22?,27-/m1/s1. The number of tetrazole rings is 1. The Balaban J connectivity index is 1.44. The number of β-lactam (4-membered cyclic amide) rings is 1. The second kappa shape index (κ2) is 11.8. The topological polar surface area (TPSA) is 147 Å². The fourth-order valence-corrected chi connectivity index (χ4v) is 6.00. The number of thioether (sulfide) groups is 1. The number of ether oxygens (including phenoxy) is 1. The average Bonchev–Trinajstić information content (AvgIpc) is 3.50. The van der Waals surface area contributed by atoms with Gasteiger partial charge in [-0.1, -0.05) is 79.7 Å². The van der Waals surface area contributed by atoms with Crippen molar-refractivity contribution < 1.29 is 23.9 Å². The van der Waals surface area contributed by atoms with E-state index in [4.69, 9.17) is 4.74 Å². The van der Waals surface area contributed by atoms with Crippen LogP contribution in [0.3, 0.4) is 0 Å². The Morgan fingerprint density at radius 2 is 1.75 bits per heavy atom. The molecule has 3 atom stereocenters. The molecule has 0 saturated carbocycles. The first-order valence-electron chi connectivity index (χ1n) is 12.9. The number of nitrogens with one attached hydrogen (secondary N) is 2. The maximum Gasteiger partial charge on any atom is 0.356 e. The number of benzene rings is 2. The molecule has 0 radical (unpaired) electrons. The zero-order valence-electron chi connectivity index (χ0n) is 21.9. The molecule has 2 aliphatic rings. The van der Waals surface area contributed by atoms with Crippen LogP contribution in [0.25, 0.3) is 0 Å². The summed E-state index contributed by atoms with van der Waals surface area (Å²) in [5, 5.41) is 15.4. The van der Waals surface area contributed by atoms with E-state index in [1.807, 2.05) is 67.6 Å². The molecule has 1 aromatic heterocycles. The highest BCUT2D eigenvalue weighted by Gasteiger charge is 2.55. The number of nitrogens with zero attached hydrogens (tertiary/aromatic N) is 4. The number of amides is 2. The number of hydrogen-bond acceptors (Lipinski definition) is 9. The lowest BCUT2D eigenvalue weighted by Gasteiger charge is -2.49. The molecule has 2 unspecified atom stereocenters. The number of carbonyl (C=O) groups excluding carboxylic acids is 4. The predicted molar refractivity (Wildman–Crippen MR) is 145 cm³/mol. The fourth-order valence-electron chi connectivity index (χ4n) is 4.65. The second-order valence-electron chi connectivity index (χ2n) is 9.57. The Morgan fingerprint density at radius 3 is 2.33 bits per heavy atom. The molecular formula is C28H28N6O5S. The van der Waals surface area contributed by atoms with E-state index in [0.29, 0.717) is 6.42 Å². The molecule has 5 rings (SSSR count). The quantitative estimate of drug-likeness (QED) is 0.282. The van der Waals surface area contributed by atoms with Crippen LogP contribution < -0.4 is 5.32 Å². The largest absolute Gasteiger partial charge is 0.448 e. The molecule has 2 aromatic carbocycles. The molecule has 11 nitrogen and oxygen atoms in total. The molecule has 2 aliphatic heterocycles. The molecule has 3 heterocycles. The zero-order valence-corrected chi connectivity index (χ0v) is 22.8. The van der Waals surface area contributed by atoms with Crippen LogP contribution in [0.5, 0.6) is 0 Å². The Hall–Kier alpha value is -4.32. The number of aromatic nitrogens is 4. The minimum Gasteiger partial charge on any atom is -0.448 e. The van der Waals surface area contributed by atoms with Crippen LogP contribution in [0.1, 0.15) is 43.3 Å². The second-order valence-corrected chi connectivity index (χ2v) is 10.7. The summed E-state index contributed by atoms with van der Waals surface area (Å²) in [5.74, 6) is -1.85. The molecule has 0 bridgehead atoms. The number of rotatable bonds is 10. The van der Waals surface area contributed by atoms with Gasteiger partial charge >= 0.3 is 5.97 Å². The SMILES string of the molecule is CCC(C)C(=O)C1=C(C(=O)OC(c2ccccc2)c2ccccc2)N2C(=O)C(NC(=O)Cc3nn[nH]n3)[C@H]2SC1. The molecule has 2 amide bonds. The highest BCUT2D eigenvalue weighted by molar-refractivity contribution is 8.00. The van der Waals surface area contributed by atoms with Crippen molar-refractivity contribution >= 4 is 35.3 Å². The Labute approximate surface area is 234 Å². The maximum absolute atomic E-state index is 13.9. The van der Waals surface area contributed by atoms with Crippen molar-refractivity contribution in [2.24, 2.45) is 5.92 Å². The van der Waals surface area contributed by atoms with Gasteiger partial charge in [0, 0.05) is 17.2 Å². The third-order valence-corrected chi connectivity index (χ3v) is 8.25. The number of H-pyrrole nitrogens is 1. The lowest BCUT2D eigenvalue weighted by molar-refractivity contribution is -0.155. The third kappa shape index (κ3) is 5.39. The number of carbonyl (C=O) groups is 4. The first kappa shape index (κ1) is 27.3. The summed E-state index contributed by atoms with van der Waals surface area (Å²) in [4.78, 5) is 54.5. The predicted octanol–water partition coefficient (Wildman–Crippen LogP) is 2.34. The fraction of sp³-hybridized carbons (Fsp3) is 0.321. The van der Waals surface area contributed by atoms with Gasteiger partial charge in [0.2, 0.25) is 5.91 Å². The Bertz CT molecular complexity index is 1390. The molecule has 206 valence electrons. The zero-order chi connectivity index (χ0) is 28.2. The first-order chi connectivity index (χ1) is 19.4. The first-order valence-corrected chi connectivity index (χ1v) is 14.0. The monoisotopic (exact) mass is 560 g/mol. The van der Waals surface area contributed by atoms with E-state index in [0.717, 1.165) is 11.1 Å². The van der Waals surface area contributed by atoms with Crippen LogP contribution in [0.15, 0.2) is 71.9 Å². The van der Waals surface area contributed by atoms with E-state index in [1.165, 1.54) is 16.7 Å². The molecule has 2 N–H and O–H groups in total. The number of ketones is 1. The molecule has 40 heavy (non-hydrogen) atoms. The van der Waals surface area contributed by atoms with Crippen molar-refractivity contribution in [2.75, 3.05) is 5.75 Å².